The van der Waals surface area contributed by atoms with Crippen LogP contribution < -0.4 is 14.2 Å². The van der Waals surface area contributed by atoms with E-state index in [0.29, 0.717) is 10.1 Å². The molecular formula is C13H14ClNO4S2. The molecule has 1 aromatic heterocycles. The summed E-state index contributed by atoms with van der Waals surface area (Å²) in [5.74, 6) is 0.752. The molecule has 1 N–H and O–H groups in total. The number of sulfonamides is 1. The Balaban J connectivity index is 2.22. The Kier molecular flexibility index (Phi) is 5.10. The van der Waals surface area contributed by atoms with E-state index in [1.807, 2.05) is 0 Å². The first-order valence-corrected chi connectivity index (χ1v) is 8.60. The smallest absolute Gasteiger partial charge is 0.244 e. The molecule has 114 valence electrons. The second-order valence-corrected chi connectivity index (χ2v) is 7.58. The largest absolute Gasteiger partial charge is 0.497 e. The molecule has 0 unspecified atom stereocenters. The standard InChI is InChI=1S/C13H14ClNO4S2/c1-18-9-3-5-12(11(7-9)19-2)21(16,17)15-8-10-4-6-13(14)20-10/h3-7,15H,8H2,1-2H3. The number of halogens is 1. The maximum atomic E-state index is 12.3. The lowest BCUT2D eigenvalue weighted by Gasteiger charge is -2.11. The first-order chi connectivity index (χ1) is 9.96. The third-order valence-electron chi connectivity index (χ3n) is 2.73. The Morgan fingerprint density at radius 3 is 2.52 bits per heavy atom. The summed E-state index contributed by atoms with van der Waals surface area (Å²) in [7, 11) is -0.773. The van der Waals surface area contributed by atoms with Gasteiger partial charge in [-0.25, -0.2) is 13.1 Å². The molecule has 0 radical (unpaired) electrons. The maximum Gasteiger partial charge on any atom is 0.244 e. The maximum absolute atomic E-state index is 12.3. The number of methoxy groups -OCH3 is 2. The molecule has 0 bridgehead atoms. The van der Waals surface area contributed by atoms with E-state index in [2.05, 4.69) is 4.72 Å². The summed E-state index contributed by atoms with van der Waals surface area (Å²) >= 11 is 7.14. The van der Waals surface area contributed by atoms with E-state index in [1.165, 1.54) is 37.7 Å². The zero-order valence-corrected chi connectivity index (χ0v) is 13.8. The van der Waals surface area contributed by atoms with Gasteiger partial charge in [-0.2, -0.15) is 0 Å². The van der Waals surface area contributed by atoms with Gasteiger partial charge in [-0.05, 0) is 24.3 Å². The molecule has 21 heavy (non-hydrogen) atoms. The highest BCUT2D eigenvalue weighted by molar-refractivity contribution is 7.89. The van der Waals surface area contributed by atoms with Crippen LogP contribution in [0, 0.1) is 0 Å². The Morgan fingerprint density at radius 1 is 1.19 bits per heavy atom. The summed E-state index contributed by atoms with van der Waals surface area (Å²) in [4.78, 5) is 0.893. The average Bonchev–Trinajstić information content (AvgIpc) is 2.90. The Hall–Kier alpha value is -1.28. The van der Waals surface area contributed by atoms with Gasteiger partial charge in [-0.15, -0.1) is 11.3 Å². The van der Waals surface area contributed by atoms with E-state index in [-0.39, 0.29) is 17.2 Å². The highest BCUT2D eigenvalue weighted by Crippen LogP contribution is 2.28. The van der Waals surface area contributed by atoms with Crippen LogP contribution in [0.1, 0.15) is 4.88 Å². The topological polar surface area (TPSA) is 64.6 Å². The van der Waals surface area contributed by atoms with Crippen LogP contribution in [0.3, 0.4) is 0 Å². The molecule has 0 fully saturated rings. The molecule has 5 nitrogen and oxygen atoms in total. The van der Waals surface area contributed by atoms with Crippen molar-refractivity contribution in [2.24, 2.45) is 0 Å². The van der Waals surface area contributed by atoms with Gasteiger partial charge >= 0.3 is 0 Å². The molecule has 8 heteroatoms. The first-order valence-electron chi connectivity index (χ1n) is 5.92. The quantitative estimate of drug-likeness (QED) is 0.872. The Labute approximate surface area is 132 Å². The van der Waals surface area contributed by atoms with Gasteiger partial charge in [0.1, 0.15) is 16.4 Å². The normalized spacial score (nSPS) is 11.4. The third-order valence-corrected chi connectivity index (χ3v) is 5.40. The lowest BCUT2D eigenvalue weighted by atomic mass is 10.3. The number of nitrogens with one attached hydrogen (secondary N) is 1. The van der Waals surface area contributed by atoms with Gasteiger partial charge in [-0.1, -0.05) is 11.6 Å². The fourth-order valence-electron chi connectivity index (χ4n) is 1.69. The van der Waals surface area contributed by atoms with Crippen molar-refractivity contribution in [3.8, 4) is 11.5 Å². The van der Waals surface area contributed by atoms with Gasteiger partial charge in [0.25, 0.3) is 0 Å². The van der Waals surface area contributed by atoms with E-state index in [4.69, 9.17) is 21.1 Å². The molecule has 0 aliphatic rings. The molecule has 2 rings (SSSR count). The first kappa shape index (κ1) is 16.1. The number of benzene rings is 1. The second kappa shape index (κ2) is 6.65. The fourth-order valence-corrected chi connectivity index (χ4v) is 3.96. The summed E-state index contributed by atoms with van der Waals surface area (Å²) in [6, 6.07) is 8.04. The van der Waals surface area contributed by atoms with E-state index in [0.717, 1.165) is 4.88 Å². The zero-order chi connectivity index (χ0) is 15.5. The van der Waals surface area contributed by atoms with Gasteiger partial charge in [0, 0.05) is 17.5 Å². The lowest BCUT2D eigenvalue weighted by Crippen LogP contribution is -2.23. The van der Waals surface area contributed by atoms with Crippen LogP contribution in [0.25, 0.3) is 0 Å². The van der Waals surface area contributed by atoms with Gasteiger partial charge in [-0.3, -0.25) is 0 Å². The van der Waals surface area contributed by atoms with Crippen LogP contribution in [0.4, 0.5) is 0 Å². The molecule has 1 heterocycles. The van der Waals surface area contributed by atoms with Crippen molar-refractivity contribution in [2.45, 2.75) is 11.4 Å². The summed E-state index contributed by atoms with van der Waals surface area (Å²) in [5, 5.41) is 0. The molecule has 0 aliphatic heterocycles. The molecule has 0 saturated heterocycles. The highest BCUT2D eigenvalue weighted by Gasteiger charge is 2.20. The van der Waals surface area contributed by atoms with Crippen LogP contribution in [0.15, 0.2) is 35.2 Å². The van der Waals surface area contributed by atoms with Crippen LogP contribution in [0.2, 0.25) is 4.34 Å². The van der Waals surface area contributed by atoms with E-state index < -0.39 is 10.0 Å². The van der Waals surface area contributed by atoms with Crippen LogP contribution in [0.5, 0.6) is 11.5 Å². The Bertz CT molecular complexity index is 728. The van der Waals surface area contributed by atoms with Gasteiger partial charge in [0.2, 0.25) is 10.0 Å². The minimum Gasteiger partial charge on any atom is -0.497 e. The van der Waals surface area contributed by atoms with Gasteiger partial charge < -0.3 is 9.47 Å². The van der Waals surface area contributed by atoms with Crippen molar-refractivity contribution < 1.29 is 17.9 Å². The van der Waals surface area contributed by atoms with Gasteiger partial charge in [0.05, 0.1) is 18.6 Å². The molecule has 0 saturated carbocycles. The number of rotatable bonds is 6. The Morgan fingerprint density at radius 2 is 1.95 bits per heavy atom. The number of thiophene rings is 1. The SMILES string of the molecule is COc1ccc(S(=O)(=O)NCc2ccc(Cl)s2)c(OC)c1. The van der Waals surface area contributed by atoms with Gasteiger partial charge in [0.15, 0.2) is 0 Å². The predicted molar refractivity (Wildman–Crippen MR) is 82.9 cm³/mol. The van der Waals surface area contributed by atoms with Crippen molar-refractivity contribution in [1.29, 1.82) is 0 Å². The highest BCUT2D eigenvalue weighted by atomic mass is 35.5. The average molecular weight is 348 g/mol. The van der Waals surface area contributed by atoms with Crippen molar-refractivity contribution >= 4 is 33.0 Å². The molecule has 0 aliphatic carbocycles. The minimum absolute atomic E-state index is 0.0634. The molecule has 0 amide bonds. The third kappa shape index (κ3) is 3.88. The summed E-state index contributed by atoms with van der Waals surface area (Å²) < 4.78 is 38.0. The van der Waals surface area contributed by atoms with E-state index in [9.17, 15) is 8.42 Å². The molecular weight excluding hydrogens is 334 g/mol. The predicted octanol–water partition coefficient (Wildman–Crippen LogP) is 2.90. The summed E-state index contributed by atoms with van der Waals surface area (Å²) in [5.41, 5.74) is 0. The summed E-state index contributed by atoms with van der Waals surface area (Å²) in [6.45, 7) is 0.175. The molecule has 1 aromatic carbocycles. The lowest BCUT2D eigenvalue weighted by molar-refractivity contribution is 0.386. The molecule has 0 spiro atoms. The number of ether oxygens (including phenoxy) is 2. The molecule has 2 aromatic rings. The zero-order valence-electron chi connectivity index (χ0n) is 11.4. The van der Waals surface area contributed by atoms with E-state index >= 15 is 0 Å². The van der Waals surface area contributed by atoms with Crippen LogP contribution >= 0.6 is 22.9 Å². The molecule has 0 atom stereocenters. The van der Waals surface area contributed by atoms with Crippen molar-refractivity contribution in [2.75, 3.05) is 14.2 Å². The van der Waals surface area contributed by atoms with Crippen molar-refractivity contribution in [3.05, 3.63) is 39.5 Å². The van der Waals surface area contributed by atoms with E-state index in [1.54, 1.807) is 18.2 Å². The number of hydrogen-bond donors (Lipinski definition) is 1. The minimum atomic E-state index is -3.68. The van der Waals surface area contributed by atoms with Crippen LogP contribution in [-0.2, 0) is 16.6 Å². The van der Waals surface area contributed by atoms with Crippen molar-refractivity contribution in [1.82, 2.24) is 4.72 Å². The van der Waals surface area contributed by atoms with Crippen LogP contribution in [-0.4, -0.2) is 22.6 Å². The second-order valence-electron chi connectivity index (χ2n) is 4.05. The number of hydrogen-bond acceptors (Lipinski definition) is 5. The van der Waals surface area contributed by atoms with Crippen molar-refractivity contribution in [3.63, 3.8) is 0 Å². The summed E-state index contributed by atoms with van der Waals surface area (Å²) in [6.07, 6.45) is 0. The fraction of sp³-hybridized carbons (Fsp3) is 0.231. The monoisotopic (exact) mass is 347 g/mol.